The van der Waals surface area contributed by atoms with Crippen LogP contribution in [0.3, 0.4) is 0 Å². The first-order chi connectivity index (χ1) is 17.1. The van der Waals surface area contributed by atoms with Crippen LogP contribution in [0.1, 0.15) is 38.8 Å². The molecule has 0 saturated heterocycles. The van der Waals surface area contributed by atoms with Gasteiger partial charge in [-0.25, -0.2) is 14.4 Å². The Morgan fingerprint density at radius 3 is 1.86 bits per heavy atom. The van der Waals surface area contributed by atoms with Crippen molar-refractivity contribution in [2.45, 2.75) is 31.8 Å². The third-order valence-electron chi connectivity index (χ3n) is 5.18. The minimum absolute atomic E-state index is 0.00287. The number of halogens is 1. The summed E-state index contributed by atoms with van der Waals surface area (Å²) >= 11 is 2.16. The van der Waals surface area contributed by atoms with Crippen LogP contribution < -0.4 is 10.6 Å². The van der Waals surface area contributed by atoms with E-state index in [1.54, 1.807) is 0 Å². The highest BCUT2D eigenvalue weighted by atomic mass is 127. The summed E-state index contributed by atoms with van der Waals surface area (Å²) in [6.07, 6.45) is 0.150. The molecule has 36 heavy (non-hydrogen) atoms. The molecular formula is C25H27IN2O8. The summed E-state index contributed by atoms with van der Waals surface area (Å²) in [5.74, 6) is -3.22. The third kappa shape index (κ3) is 8.04. The molecule has 0 aliphatic heterocycles. The van der Waals surface area contributed by atoms with Crippen LogP contribution in [0.25, 0.3) is 0 Å². The fourth-order valence-electron chi connectivity index (χ4n) is 3.44. The van der Waals surface area contributed by atoms with Gasteiger partial charge in [0.1, 0.15) is 12.1 Å². The molecule has 0 fully saturated rings. The Kier molecular flexibility index (Phi) is 10.8. The summed E-state index contributed by atoms with van der Waals surface area (Å²) in [4.78, 5) is 61.6. The summed E-state index contributed by atoms with van der Waals surface area (Å²) in [7, 11) is 3.57. The molecule has 2 amide bonds. The molecule has 10 nitrogen and oxygen atoms in total. The number of nitrogens with one attached hydrogen (secondary N) is 2. The predicted octanol–water partition coefficient (Wildman–Crippen LogP) is 1.81. The maximum Gasteiger partial charge on any atom is 0.338 e. The van der Waals surface area contributed by atoms with Gasteiger partial charge in [-0.05, 0) is 58.0 Å². The molecule has 2 aromatic carbocycles. The summed E-state index contributed by atoms with van der Waals surface area (Å²) in [6.45, 7) is 1.25. The number of benzene rings is 2. The van der Waals surface area contributed by atoms with Crippen LogP contribution in [0.2, 0.25) is 0 Å². The van der Waals surface area contributed by atoms with E-state index in [0.717, 1.165) is 9.13 Å². The average Bonchev–Trinajstić information content (AvgIpc) is 2.87. The van der Waals surface area contributed by atoms with Crippen molar-refractivity contribution >= 4 is 52.3 Å². The number of esters is 3. The SMILES string of the molecule is COC(=O)c1ccc(C[C@@H](NC(C)=O)C(=O)N[C@@H](Cc2ccc(I)cc2)C(=O)OC)cc1C(=O)OC. The van der Waals surface area contributed by atoms with Gasteiger partial charge in [0.2, 0.25) is 11.8 Å². The van der Waals surface area contributed by atoms with Crippen LogP contribution in [0.15, 0.2) is 42.5 Å². The molecule has 0 saturated carbocycles. The van der Waals surface area contributed by atoms with E-state index in [-0.39, 0.29) is 24.0 Å². The lowest BCUT2D eigenvalue weighted by Gasteiger charge is -2.22. The van der Waals surface area contributed by atoms with Crippen LogP contribution in [0.4, 0.5) is 0 Å². The molecule has 2 rings (SSSR count). The zero-order chi connectivity index (χ0) is 26.8. The highest BCUT2D eigenvalue weighted by Crippen LogP contribution is 2.17. The average molecular weight is 610 g/mol. The number of rotatable bonds is 10. The zero-order valence-corrected chi connectivity index (χ0v) is 22.4. The van der Waals surface area contributed by atoms with Crippen molar-refractivity contribution in [3.63, 3.8) is 0 Å². The molecule has 0 heterocycles. The van der Waals surface area contributed by atoms with Crippen molar-refractivity contribution in [1.82, 2.24) is 10.6 Å². The first-order valence-electron chi connectivity index (χ1n) is 10.8. The monoisotopic (exact) mass is 610 g/mol. The molecule has 11 heteroatoms. The molecule has 192 valence electrons. The van der Waals surface area contributed by atoms with Crippen LogP contribution in [-0.2, 0) is 41.4 Å². The second-order valence-corrected chi connectivity index (χ2v) is 8.98. The predicted molar refractivity (Wildman–Crippen MR) is 137 cm³/mol. The van der Waals surface area contributed by atoms with E-state index in [4.69, 9.17) is 14.2 Å². The van der Waals surface area contributed by atoms with E-state index in [2.05, 4.69) is 33.2 Å². The molecule has 0 aliphatic carbocycles. The number of carbonyl (C=O) groups excluding carboxylic acids is 5. The number of hydrogen-bond acceptors (Lipinski definition) is 8. The number of carbonyl (C=O) groups is 5. The van der Waals surface area contributed by atoms with E-state index < -0.39 is 41.8 Å². The van der Waals surface area contributed by atoms with Gasteiger partial charge in [0.25, 0.3) is 0 Å². The van der Waals surface area contributed by atoms with Crippen molar-refractivity contribution in [1.29, 1.82) is 0 Å². The molecule has 0 bridgehead atoms. The van der Waals surface area contributed by atoms with Gasteiger partial charge >= 0.3 is 17.9 Å². The Balaban J connectivity index is 2.31. The summed E-state index contributed by atoms with van der Waals surface area (Å²) < 4.78 is 15.3. The normalized spacial score (nSPS) is 12.0. The third-order valence-corrected chi connectivity index (χ3v) is 5.90. The van der Waals surface area contributed by atoms with Gasteiger partial charge < -0.3 is 24.8 Å². The lowest BCUT2D eigenvalue weighted by molar-refractivity contribution is -0.145. The van der Waals surface area contributed by atoms with Crippen molar-refractivity contribution in [3.05, 3.63) is 68.3 Å². The lowest BCUT2D eigenvalue weighted by Crippen LogP contribution is -2.53. The molecule has 0 aliphatic rings. The van der Waals surface area contributed by atoms with Crippen LogP contribution in [0, 0.1) is 3.57 Å². The lowest BCUT2D eigenvalue weighted by atomic mass is 9.98. The highest BCUT2D eigenvalue weighted by Gasteiger charge is 2.28. The largest absolute Gasteiger partial charge is 0.467 e. The molecular weight excluding hydrogens is 583 g/mol. The van der Waals surface area contributed by atoms with Gasteiger partial charge in [-0.2, -0.15) is 0 Å². The molecule has 2 aromatic rings. The fraction of sp³-hybridized carbons (Fsp3) is 0.320. The molecule has 2 atom stereocenters. The van der Waals surface area contributed by atoms with Crippen molar-refractivity contribution in [2.75, 3.05) is 21.3 Å². The minimum atomic E-state index is -1.08. The molecule has 0 radical (unpaired) electrons. The summed E-state index contributed by atoms with van der Waals surface area (Å²) in [6, 6.07) is 9.66. The minimum Gasteiger partial charge on any atom is -0.467 e. The Hall–Kier alpha value is -3.48. The smallest absolute Gasteiger partial charge is 0.338 e. The van der Waals surface area contributed by atoms with Crippen LogP contribution in [0.5, 0.6) is 0 Å². The van der Waals surface area contributed by atoms with Crippen LogP contribution >= 0.6 is 22.6 Å². The van der Waals surface area contributed by atoms with E-state index in [0.29, 0.717) is 5.56 Å². The topological polar surface area (TPSA) is 137 Å². The van der Waals surface area contributed by atoms with Gasteiger partial charge in [-0.1, -0.05) is 18.2 Å². The second-order valence-electron chi connectivity index (χ2n) is 7.74. The maximum absolute atomic E-state index is 13.2. The first-order valence-corrected chi connectivity index (χ1v) is 11.9. The van der Waals surface area contributed by atoms with Crippen molar-refractivity contribution < 1.29 is 38.2 Å². The van der Waals surface area contributed by atoms with E-state index in [9.17, 15) is 24.0 Å². The molecule has 0 spiro atoms. The second kappa shape index (κ2) is 13.6. The Bertz CT molecular complexity index is 1130. The van der Waals surface area contributed by atoms with Gasteiger partial charge in [0.05, 0.1) is 32.5 Å². The number of amides is 2. The van der Waals surface area contributed by atoms with E-state index in [1.165, 1.54) is 46.5 Å². The van der Waals surface area contributed by atoms with Gasteiger partial charge in [0.15, 0.2) is 0 Å². The summed E-state index contributed by atoms with van der Waals surface area (Å²) in [5, 5.41) is 5.21. The van der Waals surface area contributed by atoms with Gasteiger partial charge in [-0.15, -0.1) is 0 Å². The number of ether oxygens (including phenoxy) is 3. The Morgan fingerprint density at radius 2 is 1.31 bits per heavy atom. The number of hydrogen-bond donors (Lipinski definition) is 2. The highest BCUT2D eigenvalue weighted by molar-refractivity contribution is 14.1. The van der Waals surface area contributed by atoms with E-state index in [1.807, 2.05) is 24.3 Å². The van der Waals surface area contributed by atoms with Crippen molar-refractivity contribution in [2.24, 2.45) is 0 Å². The summed E-state index contributed by atoms with van der Waals surface area (Å²) in [5.41, 5.74) is 1.22. The van der Waals surface area contributed by atoms with Crippen LogP contribution in [-0.4, -0.2) is 63.1 Å². The quantitative estimate of drug-likeness (QED) is 0.236. The zero-order valence-electron chi connectivity index (χ0n) is 20.3. The van der Waals surface area contributed by atoms with Gasteiger partial charge in [0, 0.05) is 23.3 Å². The van der Waals surface area contributed by atoms with Crippen molar-refractivity contribution in [3.8, 4) is 0 Å². The van der Waals surface area contributed by atoms with E-state index >= 15 is 0 Å². The molecule has 0 aromatic heterocycles. The maximum atomic E-state index is 13.2. The first kappa shape index (κ1) is 28.8. The Morgan fingerprint density at radius 1 is 0.750 bits per heavy atom. The molecule has 0 unspecified atom stereocenters. The Labute approximate surface area is 222 Å². The van der Waals surface area contributed by atoms with Gasteiger partial charge in [-0.3, -0.25) is 9.59 Å². The molecule has 2 N–H and O–H groups in total. The number of methoxy groups -OCH3 is 3. The fourth-order valence-corrected chi connectivity index (χ4v) is 3.80. The standard InChI is InChI=1S/C25H27IN2O8/c1-14(29)27-20(13-16-7-10-18(23(31)34-2)19(11-16)24(32)35-3)22(30)28-21(25(33)36-4)12-15-5-8-17(26)9-6-15/h5-11,20-21H,12-13H2,1-4H3,(H,27,29)(H,28,30)/t20-,21+/m1/s1.